The second-order valence-electron chi connectivity index (χ2n) is 6.41. The zero-order chi connectivity index (χ0) is 15.6. The molecule has 5 atom stereocenters. The van der Waals surface area contributed by atoms with E-state index in [1.165, 1.54) is 0 Å². The van der Waals surface area contributed by atoms with Crippen molar-refractivity contribution in [3.63, 3.8) is 0 Å². The van der Waals surface area contributed by atoms with Gasteiger partial charge in [0.25, 0.3) is 0 Å². The molecule has 0 spiro atoms. The second kappa shape index (κ2) is 6.77. The summed E-state index contributed by atoms with van der Waals surface area (Å²) < 4.78 is 5.46. The molecule has 2 aliphatic rings. The Bertz CT molecular complexity index is 393. The first kappa shape index (κ1) is 16.3. The lowest BCUT2D eigenvalue weighted by Gasteiger charge is -2.45. The third-order valence-corrected chi connectivity index (χ3v) is 5.14. The predicted octanol–water partition coefficient (Wildman–Crippen LogP) is 1.56. The van der Waals surface area contributed by atoms with Gasteiger partial charge in [0.05, 0.1) is 6.61 Å². The molecule has 2 rings (SSSR count). The van der Waals surface area contributed by atoms with E-state index < -0.39 is 0 Å². The molecule has 0 bridgehead atoms. The van der Waals surface area contributed by atoms with Gasteiger partial charge in [0.1, 0.15) is 12.1 Å². The van der Waals surface area contributed by atoms with Crippen molar-refractivity contribution < 1.29 is 14.3 Å². The number of amides is 2. The predicted molar refractivity (Wildman–Crippen MR) is 80.7 cm³/mol. The molecule has 2 fully saturated rings. The monoisotopic (exact) mass is 296 g/mol. The fraction of sp³-hybridized carbons (Fsp3) is 0.875. The summed E-state index contributed by atoms with van der Waals surface area (Å²) in [5.74, 6) is 0.573. The number of carbonyl (C=O) groups is 2. The minimum Gasteiger partial charge on any atom is -0.381 e. The minimum atomic E-state index is -0.380. The molecule has 0 aromatic rings. The number of nitrogens with one attached hydrogen (secondary N) is 1. The first-order valence-electron chi connectivity index (χ1n) is 8.21. The molecule has 5 heteroatoms. The van der Waals surface area contributed by atoms with Gasteiger partial charge >= 0.3 is 0 Å². The molecule has 120 valence electrons. The summed E-state index contributed by atoms with van der Waals surface area (Å²) in [5, 5.41) is 2.93. The third-order valence-electron chi connectivity index (χ3n) is 5.14. The van der Waals surface area contributed by atoms with Crippen LogP contribution < -0.4 is 5.32 Å². The van der Waals surface area contributed by atoms with E-state index in [0.29, 0.717) is 18.9 Å². The molecule has 0 aliphatic carbocycles. The highest BCUT2D eigenvalue weighted by molar-refractivity contribution is 5.97. The van der Waals surface area contributed by atoms with E-state index >= 15 is 0 Å². The maximum atomic E-state index is 12.9. The average Bonchev–Trinajstić information content (AvgIpc) is 3.01. The van der Waals surface area contributed by atoms with Crippen LogP contribution in [-0.2, 0) is 14.3 Å². The molecule has 0 radical (unpaired) electrons. The summed E-state index contributed by atoms with van der Waals surface area (Å²) >= 11 is 0. The maximum Gasteiger partial charge on any atom is 0.246 e. The lowest BCUT2D eigenvalue weighted by molar-refractivity contribution is -0.154. The summed E-state index contributed by atoms with van der Waals surface area (Å²) in [4.78, 5) is 27.1. The SMILES string of the molecule is CCC(C)C1NC(=O)C(CC)N(C(C)C2CCOC2)C1=O. The summed E-state index contributed by atoms with van der Waals surface area (Å²) in [6, 6.07) is -0.661. The summed E-state index contributed by atoms with van der Waals surface area (Å²) in [7, 11) is 0. The van der Waals surface area contributed by atoms with Crippen LogP contribution in [0.2, 0.25) is 0 Å². The highest BCUT2D eigenvalue weighted by Crippen LogP contribution is 2.28. The number of hydrogen-bond donors (Lipinski definition) is 1. The number of carbonyl (C=O) groups excluding carboxylic acids is 2. The van der Waals surface area contributed by atoms with E-state index in [2.05, 4.69) is 19.2 Å². The minimum absolute atomic E-state index is 0.00633. The van der Waals surface area contributed by atoms with E-state index in [-0.39, 0.29) is 35.9 Å². The Balaban J connectivity index is 2.23. The Hall–Kier alpha value is -1.10. The molecule has 2 aliphatic heterocycles. The van der Waals surface area contributed by atoms with Gasteiger partial charge in [-0.15, -0.1) is 0 Å². The van der Waals surface area contributed by atoms with Crippen molar-refractivity contribution in [1.29, 1.82) is 0 Å². The van der Waals surface area contributed by atoms with Gasteiger partial charge in [0, 0.05) is 18.6 Å². The van der Waals surface area contributed by atoms with E-state index in [9.17, 15) is 9.59 Å². The molecule has 0 saturated carbocycles. The maximum absolute atomic E-state index is 12.9. The number of ether oxygens (including phenoxy) is 1. The summed E-state index contributed by atoms with van der Waals surface area (Å²) in [6.07, 6.45) is 2.50. The van der Waals surface area contributed by atoms with Gasteiger partial charge in [0.15, 0.2) is 0 Å². The van der Waals surface area contributed by atoms with Crippen LogP contribution in [0, 0.1) is 11.8 Å². The average molecular weight is 296 g/mol. The molecule has 0 aromatic heterocycles. The van der Waals surface area contributed by atoms with Crippen LogP contribution in [-0.4, -0.2) is 48.1 Å². The van der Waals surface area contributed by atoms with E-state index in [1.807, 2.05) is 18.7 Å². The molecular formula is C16H28N2O3. The normalized spacial score (nSPS) is 33.0. The van der Waals surface area contributed by atoms with Crippen LogP contribution in [0.1, 0.15) is 47.0 Å². The van der Waals surface area contributed by atoms with Crippen LogP contribution in [0.4, 0.5) is 0 Å². The highest BCUT2D eigenvalue weighted by atomic mass is 16.5. The van der Waals surface area contributed by atoms with Crippen molar-refractivity contribution in [2.45, 2.75) is 65.1 Å². The van der Waals surface area contributed by atoms with Crippen molar-refractivity contribution in [2.24, 2.45) is 11.8 Å². The van der Waals surface area contributed by atoms with Gasteiger partial charge in [0.2, 0.25) is 11.8 Å². The topological polar surface area (TPSA) is 58.6 Å². The smallest absolute Gasteiger partial charge is 0.246 e. The van der Waals surface area contributed by atoms with Crippen molar-refractivity contribution >= 4 is 11.8 Å². The van der Waals surface area contributed by atoms with E-state index in [1.54, 1.807) is 0 Å². The van der Waals surface area contributed by atoms with Crippen molar-refractivity contribution in [2.75, 3.05) is 13.2 Å². The fourth-order valence-electron chi connectivity index (χ4n) is 3.40. The van der Waals surface area contributed by atoms with Gasteiger partial charge < -0.3 is 15.0 Å². The van der Waals surface area contributed by atoms with Crippen molar-refractivity contribution in [1.82, 2.24) is 10.2 Å². The Kier molecular flexibility index (Phi) is 5.25. The number of nitrogens with zero attached hydrogens (tertiary/aromatic N) is 1. The molecule has 0 aromatic carbocycles. The second-order valence-corrected chi connectivity index (χ2v) is 6.41. The van der Waals surface area contributed by atoms with E-state index in [4.69, 9.17) is 4.74 Å². The molecule has 2 heterocycles. The summed E-state index contributed by atoms with van der Waals surface area (Å²) in [5.41, 5.74) is 0. The quantitative estimate of drug-likeness (QED) is 0.837. The van der Waals surface area contributed by atoms with Gasteiger partial charge in [-0.25, -0.2) is 0 Å². The lowest BCUT2D eigenvalue weighted by atomic mass is 9.89. The lowest BCUT2D eigenvalue weighted by Crippen LogP contribution is -2.67. The molecule has 5 nitrogen and oxygen atoms in total. The Morgan fingerprint density at radius 3 is 2.57 bits per heavy atom. The highest BCUT2D eigenvalue weighted by Gasteiger charge is 2.45. The van der Waals surface area contributed by atoms with Crippen LogP contribution in [0.15, 0.2) is 0 Å². The fourth-order valence-corrected chi connectivity index (χ4v) is 3.40. The van der Waals surface area contributed by atoms with Crippen molar-refractivity contribution in [3.8, 4) is 0 Å². The standard InChI is InChI=1S/C16H28N2O3/c1-5-10(3)14-16(20)18(13(6-2)15(19)17-14)11(4)12-7-8-21-9-12/h10-14H,5-9H2,1-4H3,(H,17,19). The molecule has 5 unspecified atom stereocenters. The van der Waals surface area contributed by atoms with Gasteiger partial charge in [-0.05, 0) is 25.7 Å². The molecule has 21 heavy (non-hydrogen) atoms. The Labute approximate surface area is 127 Å². The van der Waals surface area contributed by atoms with Crippen LogP contribution >= 0.6 is 0 Å². The third kappa shape index (κ3) is 3.07. The number of piperazine rings is 1. The van der Waals surface area contributed by atoms with Crippen LogP contribution in [0.3, 0.4) is 0 Å². The van der Waals surface area contributed by atoms with Gasteiger partial charge in [-0.3, -0.25) is 9.59 Å². The molecule has 2 saturated heterocycles. The van der Waals surface area contributed by atoms with Crippen molar-refractivity contribution in [3.05, 3.63) is 0 Å². The zero-order valence-electron chi connectivity index (χ0n) is 13.6. The van der Waals surface area contributed by atoms with Gasteiger partial charge in [-0.1, -0.05) is 27.2 Å². The first-order chi connectivity index (χ1) is 10.0. The number of hydrogen-bond acceptors (Lipinski definition) is 3. The molecule has 2 amide bonds. The van der Waals surface area contributed by atoms with Crippen LogP contribution in [0.25, 0.3) is 0 Å². The van der Waals surface area contributed by atoms with Crippen LogP contribution in [0.5, 0.6) is 0 Å². The Morgan fingerprint density at radius 2 is 2.05 bits per heavy atom. The van der Waals surface area contributed by atoms with Gasteiger partial charge in [-0.2, -0.15) is 0 Å². The molecular weight excluding hydrogens is 268 g/mol. The molecule has 1 N–H and O–H groups in total. The summed E-state index contributed by atoms with van der Waals surface area (Å²) in [6.45, 7) is 9.55. The largest absolute Gasteiger partial charge is 0.381 e. The Morgan fingerprint density at radius 1 is 1.33 bits per heavy atom. The van der Waals surface area contributed by atoms with E-state index in [0.717, 1.165) is 19.4 Å². The zero-order valence-corrected chi connectivity index (χ0v) is 13.6. The number of rotatable bonds is 5. The first-order valence-corrected chi connectivity index (χ1v) is 8.21.